The van der Waals surface area contributed by atoms with Crippen LogP contribution in [-0.2, 0) is 6.42 Å². The Labute approximate surface area is 120 Å². The number of nitrogens with zero attached hydrogens (tertiary/aromatic N) is 2. The summed E-state index contributed by atoms with van der Waals surface area (Å²) in [5.74, 6) is -1.03. The van der Waals surface area contributed by atoms with Crippen LogP contribution in [0.1, 0.15) is 21.1 Å². The molecule has 5 nitrogen and oxygen atoms in total. The maximum atomic E-state index is 13.9. The Kier molecular flexibility index (Phi) is 4.62. The number of aromatic nitrogens is 2. The van der Waals surface area contributed by atoms with Gasteiger partial charge < -0.3 is 10.6 Å². The fourth-order valence-corrected chi connectivity index (χ4v) is 2.47. The van der Waals surface area contributed by atoms with Crippen molar-refractivity contribution in [1.29, 1.82) is 0 Å². The summed E-state index contributed by atoms with van der Waals surface area (Å²) in [5, 5.41) is 8.19. The standard InChI is InChI=1S/C13H15FN4OS/c1-8-7-20-10(18-8)4-6-17-13(19)9-3-5-16-12(15-2)11(9)14/h3,5,7H,4,6H2,1-2H3,(H,15,16)(H,17,19). The molecular weight excluding hydrogens is 279 g/mol. The third-order valence-electron chi connectivity index (χ3n) is 2.66. The summed E-state index contributed by atoms with van der Waals surface area (Å²) in [6, 6.07) is 1.36. The van der Waals surface area contributed by atoms with Gasteiger partial charge in [0.25, 0.3) is 5.91 Å². The number of pyridine rings is 1. The van der Waals surface area contributed by atoms with Gasteiger partial charge in [-0.25, -0.2) is 14.4 Å². The van der Waals surface area contributed by atoms with Crippen molar-refractivity contribution in [3.05, 3.63) is 39.7 Å². The molecule has 0 aliphatic rings. The molecule has 20 heavy (non-hydrogen) atoms. The molecule has 0 saturated heterocycles. The minimum Gasteiger partial charge on any atom is -0.371 e. The molecule has 1 amide bonds. The van der Waals surface area contributed by atoms with E-state index in [1.807, 2.05) is 12.3 Å². The van der Waals surface area contributed by atoms with Crippen molar-refractivity contribution < 1.29 is 9.18 Å². The molecule has 0 saturated carbocycles. The van der Waals surface area contributed by atoms with Crippen LogP contribution in [-0.4, -0.2) is 29.5 Å². The Bertz CT molecular complexity index is 614. The normalized spacial score (nSPS) is 10.3. The predicted molar refractivity (Wildman–Crippen MR) is 76.6 cm³/mol. The summed E-state index contributed by atoms with van der Waals surface area (Å²) < 4.78 is 13.9. The average Bonchev–Trinajstić information content (AvgIpc) is 2.84. The first-order valence-electron chi connectivity index (χ1n) is 6.13. The fraction of sp³-hybridized carbons (Fsp3) is 0.308. The zero-order chi connectivity index (χ0) is 14.5. The van der Waals surface area contributed by atoms with Crippen molar-refractivity contribution in [3.63, 3.8) is 0 Å². The summed E-state index contributed by atoms with van der Waals surface area (Å²) in [6.45, 7) is 2.34. The molecule has 0 aromatic carbocycles. The first-order valence-corrected chi connectivity index (χ1v) is 7.01. The van der Waals surface area contributed by atoms with Gasteiger partial charge in [0.15, 0.2) is 11.6 Å². The number of anilines is 1. The van der Waals surface area contributed by atoms with Crippen molar-refractivity contribution in [2.24, 2.45) is 0 Å². The Balaban J connectivity index is 1.95. The van der Waals surface area contributed by atoms with Gasteiger partial charge in [-0.05, 0) is 13.0 Å². The van der Waals surface area contributed by atoms with Gasteiger partial charge in [0.2, 0.25) is 0 Å². The summed E-state index contributed by atoms with van der Waals surface area (Å²) >= 11 is 1.55. The quantitative estimate of drug-likeness (QED) is 0.885. The van der Waals surface area contributed by atoms with E-state index in [0.717, 1.165) is 10.7 Å². The minimum atomic E-state index is -0.641. The van der Waals surface area contributed by atoms with E-state index in [4.69, 9.17) is 0 Å². The molecule has 0 fully saturated rings. The Morgan fingerprint density at radius 3 is 2.95 bits per heavy atom. The molecule has 7 heteroatoms. The molecule has 2 aromatic rings. The van der Waals surface area contributed by atoms with Crippen LogP contribution in [0.3, 0.4) is 0 Å². The molecule has 2 aromatic heterocycles. The third-order valence-corrected chi connectivity index (χ3v) is 3.69. The Hall–Kier alpha value is -2.02. The van der Waals surface area contributed by atoms with Gasteiger partial charge in [-0.15, -0.1) is 11.3 Å². The van der Waals surface area contributed by atoms with E-state index in [0.29, 0.717) is 13.0 Å². The van der Waals surface area contributed by atoms with Gasteiger partial charge >= 0.3 is 0 Å². The van der Waals surface area contributed by atoms with Gasteiger partial charge in [0, 0.05) is 37.3 Å². The van der Waals surface area contributed by atoms with E-state index >= 15 is 0 Å². The molecule has 2 rings (SSSR count). The van der Waals surface area contributed by atoms with Gasteiger partial charge in [0.1, 0.15) is 0 Å². The van der Waals surface area contributed by atoms with E-state index in [1.165, 1.54) is 12.3 Å². The second kappa shape index (κ2) is 6.42. The molecular formula is C13H15FN4OS. The lowest BCUT2D eigenvalue weighted by atomic mass is 10.2. The Morgan fingerprint density at radius 1 is 1.50 bits per heavy atom. The van der Waals surface area contributed by atoms with Crippen molar-refractivity contribution in [1.82, 2.24) is 15.3 Å². The van der Waals surface area contributed by atoms with Crippen LogP contribution < -0.4 is 10.6 Å². The molecule has 0 spiro atoms. The van der Waals surface area contributed by atoms with Crippen LogP contribution in [0.15, 0.2) is 17.6 Å². The number of carbonyl (C=O) groups is 1. The molecule has 0 atom stereocenters. The highest BCUT2D eigenvalue weighted by Crippen LogP contribution is 2.14. The lowest BCUT2D eigenvalue weighted by Crippen LogP contribution is -2.27. The molecule has 0 radical (unpaired) electrons. The smallest absolute Gasteiger partial charge is 0.254 e. The zero-order valence-corrected chi connectivity index (χ0v) is 12.1. The van der Waals surface area contributed by atoms with Gasteiger partial charge in [-0.1, -0.05) is 0 Å². The van der Waals surface area contributed by atoms with Crippen LogP contribution in [0.2, 0.25) is 0 Å². The van der Waals surface area contributed by atoms with Crippen molar-refractivity contribution >= 4 is 23.1 Å². The van der Waals surface area contributed by atoms with Crippen LogP contribution in [0.5, 0.6) is 0 Å². The van der Waals surface area contributed by atoms with E-state index in [1.54, 1.807) is 18.4 Å². The van der Waals surface area contributed by atoms with Crippen LogP contribution >= 0.6 is 11.3 Å². The third kappa shape index (κ3) is 3.30. The van der Waals surface area contributed by atoms with E-state index in [-0.39, 0.29) is 11.4 Å². The number of aryl methyl sites for hydroxylation is 1. The zero-order valence-electron chi connectivity index (χ0n) is 11.2. The van der Waals surface area contributed by atoms with E-state index < -0.39 is 11.7 Å². The fourth-order valence-electron chi connectivity index (χ4n) is 1.69. The molecule has 0 unspecified atom stereocenters. The summed E-state index contributed by atoms with van der Waals surface area (Å²) in [6.07, 6.45) is 2.03. The second-order valence-electron chi connectivity index (χ2n) is 4.16. The number of halogens is 1. The van der Waals surface area contributed by atoms with E-state index in [2.05, 4.69) is 20.6 Å². The molecule has 0 bridgehead atoms. The van der Waals surface area contributed by atoms with Crippen molar-refractivity contribution in [2.45, 2.75) is 13.3 Å². The van der Waals surface area contributed by atoms with Crippen LogP contribution in [0.4, 0.5) is 10.2 Å². The average molecular weight is 294 g/mol. The highest BCUT2D eigenvalue weighted by atomic mass is 32.1. The number of carbonyl (C=O) groups excluding carboxylic acids is 1. The topological polar surface area (TPSA) is 66.9 Å². The maximum absolute atomic E-state index is 13.9. The van der Waals surface area contributed by atoms with Gasteiger partial charge in [0.05, 0.1) is 10.6 Å². The highest BCUT2D eigenvalue weighted by molar-refractivity contribution is 7.09. The van der Waals surface area contributed by atoms with Gasteiger partial charge in [-0.3, -0.25) is 4.79 Å². The summed E-state index contributed by atoms with van der Waals surface area (Å²) in [5.41, 5.74) is 0.954. The summed E-state index contributed by atoms with van der Waals surface area (Å²) in [7, 11) is 1.55. The predicted octanol–water partition coefficient (Wildman–Crippen LogP) is 2.00. The van der Waals surface area contributed by atoms with Crippen molar-refractivity contribution in [3.8, 4) is 0 Å². The minimum absolute atomic E-state index is 0.0142. The number of amides is 1. The van der Waals surface area contributed by atoms with Crippen LogP contribution in [0.25, 0.3) is 0 Å². The van der Waals surface area contributed by atoms with Crippen LogP contribution in [0, 0.1) is 12.7 Å². The SMILES string of the molecule is CNc1nccc(C(=O)NCCc2nc(C)cs2)c1F. The van der Waals surface area contributed by atoms with Gasteiger partial charge in [-0.2, -0.15) is 0 Å². The second-order valence-corrected chi connectivity index (χ2v) is 5.10. The number of rotatable bonds is 5. The molecule has 0 aliphatic carbocycles. The number of nitrogens with one attached hydrogen (secondary N) is 2. The van der Waals surface area contributed by atoms with Crippen molar-refractivity contribution in [2.75, 3.05) is 18.9 Å². The molecule has 0 aliphatic heterocycles. The molecule has 2 heterocycles. The maximum Gasteiger partial charge on any atom is 0.254 e. The monoisotopic (exact) mass is 294 g/mol. The lowest BCUT2D eigenvalue weighted by molar-refractivity contribution is 0.0950. The largest absolute Gasteiger partial charge is 0.371 e. The lowest BCUT2D eigenvalue weighted by Gasteiger charge is -2.07. The molecule has 106 valence electrons. The number of hydrogen-bond donors (Lipinski definition) is 2. The molecule has 2 N–H and O–H groups in total. The van der Waals surface area contributed by atoms with E-state index in [9.17, 15) is 9.18 Å². The number of thiazole rings is 1. The number of hydrogen-bond acceptors (Lipinski definition) is 5. The first kappa shape index (κ1) is 14.4. The summed E-state index contributed by atoms with van der Waals surface area (Å²) in [4.78, 5) is 20.0. The Morgan fingerprint density at radius 2 is 2.30 bits per heavy atom. The first-order chi connectivity index (χ1) is 9.61. The highest BCUT2D eigenvalue weighted by Gasteiger charge is 2.15.